The van der Waals surface area contributed by atoms with Crippen LogP contribution in [0.1, 0.15) is 21.5 Å². The number of aryl methyl sites for hydroxylation is 1. The molecule has 0 unspecified atom stereocenters. The molecule has 1 heterocycles. The third-order valence-electron chi connectivity index (χ3n) is 4.70. The van der Waals surface area contributed by atoms with Crippen LogP contribution in [0.5, 0.6) is 0 Å². The molecule has 0 saturated heterocycles. The van der Waals surface area contributed by atoms with Crippen LogP contribution in [-0.2, 0) is 6.54 Å². The first-order valence-corrected chi connectivity index (χ1v) is 9.76. The molecule has 4 rings (SSSR count). The maximum Gasteiger partial charge on any atom is 0.251 e. The first-order chi connectivity index (χ1) is 14.7. The van der Waals surface area contributed by atoms with Gasteiger partial charge in [0.25, 0.3) is 5.91 Å². The van der Waals surface area contributed by atoms with E-state index in [2.05, 4.69) is 39.7 Å². The van der Waals surface area contributed by atoms with Gasteiger partial charge in [-0.1, -0.05) is 54.1 Å². The van der Waals surface area contributed by atoms with Crippen molar-refractivity contribution in [3.05, 3.63) is 108 Å². The summed E-state index contributed by atoms with van der Waals surface area (Å²) in [5.74, 6) is 0.594. The maximum atomic E-state index is 12.4. The van der Waals surface area contributed by atoms with E-state index in [1.807, 2.05) is 60.7 Å². The molecular weight excluding hydrogens is 372 g/mol. The van der Waals surface area contributed by atoms with E-state index in [-0.39, 0.29) is 5.91 Å². The Labute approximate surface area is 175 Å². The van der Waals surface area contributed by atoms with Crippen LogP contribution in [0.2, 0.25) is 0 Å². The molecule has 30 heavy (non-hydrogen) atoms. The molecule has 0 aliphatic heterocycles. The number of carbonyl (C=O) groups excluding carboxylic acids is 1. The molecule has 3 aromatic carbocycles. The van der Waals surface area contributed by atoms with Crippen LogP contribution in [0.15, 0.2) is 91.3 Å². The number of rotatable bonds is 6. The molecule has 1 aromatic heterocycles. The summed E-state index contributed by atoms with van der Waals surface area (Å²) in [6.45, 7) is 2.56. The van der Waals surface area contributed by atoms with Crippen molar-refractivity contribution in [1.82, 2.24) is 15.3 Å². The van der Waals surface area contributed by atoms with E-state index >= 15 is 0 Å². The molecule has 0 saturated carbocycles. The second kappa shape index (κ2) is 9.01. The SMILES string of the molecule is Cc1cccc(-c2cc(Nc3ccc(C(=O)NCc4ccccc4)cc3)ncn2)c1. The Balaban J connectivity index is 1.41. The van der Waals surface area contributed by atoms with Gasteiger partial charge in [-0.3, -0.25) is 4.79 Å². The zero-order valence-electron chi connectivity index (χ0n) is 16.7. The van der Waals surface area contributed by atoms with E-state index < -0.39 is 0 Å². The Morgan fingerprint density at radius 2 is 1.67 bits per heavy atom. The molecule has 148 valence electrons. The van der Waals surface area contributed by atoms with Crippen molar-refractivity contribution in [3.63, 3.8) is 0 Å². The van der Waals surface area contributed by atoms with Crippen molar-refractivity contribution >= 4 is 17.4 Å². The number of hydrogen-bond acceptors (Lipinski definition) is 4. The first-order valence-electron chi connectivity index (χ1n) is 9.76. The Bertz CT molecular complexity index is 1140. The molecule has 0 aliphatic carbocycles. The first kappa shape index (κ1) is 19.3. The van der Waals surface area contributed by atoms with E-state index in [0.717, 1.165) is 22.5 Å². The van der Waals surface area contributed by atoms with Crippen LogP contribution < -0.4 is 10.6 Å². The Morgan fingerprint density at radius 1 is 0.867 bits per heavy atom. The number of nitrogens with zero attached hydrogens (tertiary/aromatic N) is 2. The van der Waals surface area contributed by atoms with Crippen molar-refractivity contribution in [2.75, 3.05) is 5.32 Å². The van der Waals surface area contributed by atoms with Gasteiger partial charge in [0, 0.05) is 29.4 Å². The van der Waals surface area contributed by atoms with Gasteiger partial charge in [-0.25, -0.2) is 9.97 Å². The van der Waals surface area contributed by atoms with Gasteiger partial charge in [-0.2, -0.15) is 0 Å². The fourth-order valence-corrected chi connectivity index (χ4v) is 3.12. The zero-order chi connectivity index (χ0) is 20.8. The lowest BCUT2D eigenvalue weighted by Crippen LogP contribution is -2.22. The molecule has 0 spiro atoms. The fraction of sp³-hybridized carbons (Fsp3) is 0.0800. The van der Waals surface area contributed by atoms with Crippen LogP contribution in [0, 0.1) is 6.92 Å². The Morgan fingerprint density at radius 3 is 2.43 bits per heavy atom. The number of hydrogen-bond donors (Lipinski definition) is 2. The summed E-state index contributed by atoms with van der Waals surface area (Å²) >= 11 is 0. The largest absolute Gasteiger partial charge is 0.348 e. The number of nitrogens with one attached hydrogen (secondary N) is 2. The summed E-state index contributed by atoms with van der Waals surface area (Å²) in [5, 5.41) is 6.20. The zero-order valence-corrected chi connectivity index (χ0v) is 16.7. The summed E-state index contributed by atoms with van der Waals surface area (Å²) in [5.41, 5.74) is 5.61. The maximum absolute atomic E-state index is 12.4. The van der Waals surface area contributed by atoms with E-state index in [1.54, 1.807) is 18.5 Å². The molecule has 0 aliphatic rings. The van der Waals surface area contributed by atoms with Gasteiger partial charge in [-0.05, 0) is 42.8 Å². The highest BCUT2D eigenvalue weighted by Crippen LogP contribution is 2.22. The molecule has 5 heteroatoms. The Kier molecular flexibility index (Phi) is 5.80. The average Bonchev–Trinajstić information content (AvgIpc) is 2.79. The summed E-state index contributed by atoms with van der Waals surface area (Å²) < 4.78 is 0. The summed E-state index contributed by atoms with van der Waals surface area (Å²) in [4.78, 5) is 21.0. The topological polar surface area (TPSA) is 66.9 Å². The number of anilines is 2. The van der Waals surface area contributed by atoms with Gasteiger partial charge < -0.3 is 10.6 Å². The molecule has 0 fully saturated rings. The number of carbonyl (C=O) groups is 1. The lowest BCUT2D eigenvalue weighted by atomic mass is 10.1. The monoisotopic (exact) mass is 394 g/mol. The van der Waals surface area contributed by atoms with Crippen molar-refractivity contribution in [2.45, 2.75) is 13.5 Å². The second-order valence-electron chi connectivity index (χ2n) is 7.03. The smallest absolute Gasteiger partial charge is 0.251 e. The van der Waals surface area contributed by atoms with Crippen molar-refractivity contribution < 1.29 is 4.79 Å². The minimum Gasteiger partial charge on any atom is -0.348 e. The molecule has 2 N–H and O–H groups in total. The van der Waals surface area contributed by atoms with Crippen LogP contribution >= 0.6 is 0 Å². The molecule has 5 nitrogen and oxygen atoms in total. The standard InChI is InChI=1S/C25H22N4O/c1-18-6-5-9-21(14-18)23-15-24(28-17-27-23)29-22-12-10-20(11-13-22)25(30)26-16-19-7-3-2-4-8-19/h2-15,17H,16H2,1H3,(H,26,30)(H,27,28,29). The quantitative estimate of drug-likeness (QED) is 0.476. The normalized spacial score (nSPS) is 10.4. The van der Waals surface area contributed by atoms with E-state index in [0.29, 0.717) is 17.9 Å². The van der Waals surface area contributed by atoms with Crippen LogP contribution in [0.4, 0.5) is 11.5 Å². The van der Waals surface area contributed by atoms with Crippen molar-refractivity contribution in [3.8, 4) is 11.3 Å². The summed E-state index contributed by atoms with van der Waals surface area (Å²) in [7, 11) is 0. The highest BCUT2D eigenvalue weighted by Gasteiger charge is 2.07. The van der Waals surface area contributed by atoms with Gasteiger partial charge >= 0.3 is 0 Å². The third-order valence-corrected chi connectivity index (χ3v) is 4.70. The van der Waals surface area contributed by atoms with Crippen molar-refractivity contribution in [2.24, 2.45) is 0 Å². The molecule has 0 bridgehead atoms. The minimum atomic E-state index is -0.103. The van der Waals surface area contributed by atoms with E-state index in [1.165, 1.54) is 5.56 Å². The van der Waals surface area contributed by atoms with Crippen molar-refractivity contribution in [1.29, 1.82) is 0 Å². The van der Waals surface area contributed by atoms with Gasteiger partial charge in [0.2, 0.25) is 0 Å². The highest BCUT2D eigenvalue weighted by molar-refractivity contribution is 5.94. The number of benzene rings is 3. The van der Waals surface area contributed by atoms with Gasteiger partial charge in [0.15, 0.2) is 0 Å². The van der Waals surface area contributed by atoms with Crippen LogP contribution in [-0.4, -0.2) is 15.9 Å². The summed E-state index contributed by atoms with van der Waals surface area (Å²) in [6, 6.07) is 27.3. The van der Waals surface area contributed by atoms with Gasteiger partial charge in [0.1, 0.15) is 12.1 Å². The molecule has 4 aromatic rings. The van der Waals surface area contributed by atoms with E-state index in [4.69, 9.17) is 0 Å². The third kappa shape index (κ3) is 4.89. The average molecular weight is 394 g/mol. The van der Waals surface area contributed by atoms with E-state index in [9.17, 15) is 4.79 Å². The minimum absolute atomic E-state index is 0.103. The van der Waals surface area contributed by atoms with Crippen LogP contribution in [0.3, 0.4) is 0 Å². The number of aromatic nitrogens is 2. The summed E-state index contributed by atoms with van der Waals surface area (Å²) in [6.07, 6.45) is 1.55. The molecule has 0 atom stereocenters. The van der Waals surface area contributed by atoms with Crippen LogP contribution in [0.25, 0.3) is 11.3 Å². The second-order valence-corrected chi connectivity index (χ2v) is 7.03. The fourth-order valence-electron chi connectivity index (χ4n) is 3.12. The lowest BCUT2D eigenvalue weighted by Gasteiger charge is -2.09. The number of amides is 1. The molecule has 1 amide bonds. The van der Waals surface area contributed by atoms with Gasteiger partial charge in [-0.15, -0.1) is 0 Å². The predicted octanol–water partition coefficient (Wildman–Crippen LogP) is 5.13. The Hall–Kier alpha value is -3.99. The lowest BCUT2D eigenvalue weighted by molar-refractivity contribution is 0.0951. The highest BCUT2D eigenvalue weighted by atomic mass is 16.1. The predicted molar refractivity (Wildman–Crippen MR) is 120 cm³/mol. The molecular formula is C25H22N4O. The molecule has 0 radical (unpaired) electrons. The van der Waals surface area contributed by atoms with Gasteiger partial charge in [0.05, 0.1) is 5.69 Å².